The van der Waals surface area contributed by atoms with Gasteiger partial charge in [0.1, 0.15) is 0 Å². The van der Waals surface area contributed by atoms with Gasteiger partial charge in [0.2, 0.25) is 0 Å². The van der Waals surface area contributed by atoms with Crippen molar-refractivity contribution in [3.05, 3.63) is 12.2 Å². The molecule has 15 heavy (non-hydrogen) atoms. The third kappa shape index (κ3) is 1.33. The van der Waals surface area contributed by atoms with Crippen molar-refractivity contribution in [1.82, 2.24) is 0 Å². The Morgan fingerprint density at radius 3 is 2.47 bits per heavy atom. The Labute approximate surface area is 95.1 Å². The van der Waals surface area contributed by atoms with Crippen molar-refractivity contribution in [1.29, 1.82) is 0 Å². The molecule has 0 aromatic rings. The van der Waals surface area contributed by atoms with E-state index in [1.54, 1.807) is 0 Å². The van der Waals surface area contributed by atoms with Crippen LogP contribution in [0.1, 0.15) is 59.8 Å². The Morgan fingerprint density at radius 1 is 1.20 bits per heavy atom. The predicted molar refractivity (Wildman–Crippen MR) is 66.8 cm³/mol. The zero-order valence-corrected chi connectivity index (χ0v) is 10.9. The molecule has 0 aliphatic heterocycles. The summed E-state index contributed by atoms with van der Waals surface area (Å²) < 4.78 is 0. The van der Waals surface area contributed by atoms with Gasteiger partial charge < -0.3 is 0 Å². The number of hydrogen-bond donors (Lipinski definition) is 0. The summed E-state index contributed by atoms with van der Waals surface area (Å²) in [6.45, 7) is 12.9. The maximum atomic E-state index is 4.23. The van der Waals surface area contributed by atoms with Crippen LogP contribution in [0.2, 0.25) is 0 Å². The maximum absolute atomic E-state index is 4.23. The highest BCUT2D eigenvalue weighted by molar-refractivity contribution is 5.33. The van der Waals surface area contributed by atoms with Gasteiger partial charge in [0.15, 0.2) is 0 Å². The summed E-state index contributed by atoms with van der Waals surface area (Å²) in [4.78, 5) is 0. The highest BCUT2D eigenvalue weighted by Gasteiger charge is 2.73. The molecule has 1 spiro atoms. The molecule has 86 valence electrons. The second kappa shape index (κ2) is 3.37. The molecule has 4 atom stereocenters. The van der Waals surface area contributed by atoms with E-state index in [1.165, 1.54) is 37.7 Å². The van der Waals surface area contributed by atoms with Gasteiger partial charge in [-0.05, 0) is 61.7 Å². The zero-order valence-electron chi connectivity index (χ0n) is 10.9. The summed E-state index contributed by atoms with van der Waals surface area (Å²) in [5.41, 5.74) is 2.87. The van der Waals surface area contributed by atoms with Crippen LogP contribution < -0.4 is 0 Å². The topological polar surface area (TPSA) is 0 Å². The van der Waals surface area contributed by atoms with Crippen molar-refractivity contribution >= 4 is 0 Å². The fourth-order valence-electron chi connectivity index (χ4n) is 4.82. The maximum Gasteiger partial charge on any atom is -0.00284 e. The molecule has 0 nitrogen and oxygen atoms in total. The van der Waals surface area contributed by atoms with Gasteiger partial charge in [-0.3, -0.25) is 0 Å². The number of fused-ring (bicyclic) bond motifs is 1. The fourth-order valence-corrected chi connectivity index (χ4v) is 4.82. The lowest BCUT2D eigenvalue weighted by Crippen LogP contribution is -2.17. The minimum absolute atomic E-state index is 0.627. The van der Waals surface area contributed by atoms with Gasteiger partial charge in [0.05, 0.1) is 0 Å². The molecule has 4 unspecified atom stereocenters. The quantitative estimate of drug-likeness (QED) is 0.540. The lowest BCUT2D eigenvalue weighted by Gasteiger charge is -2.28. The first-order valence-corrected chi connectivity index (χ1v) is 6.74. The summed E-state index contributed by atoms with van der Waals surface area (Å²) in [6, 6.07) is 0. The van der Waals surface area contributed by atoms with E-state index in [0.29, 0.717) is 5.41 Å². The highest BCUT2D eigenvalue weighted by Crippen LogP contribution is 2.82. The van der Waals surface area contributed by atoms with Gasteiger partial charge in [-0.2, -0.15) is 0 Å². The van der Waals surface area contributed by atoms with Gasteiger partial charge in [-0.15, -0.1) is 0 Å². The van der Waals surface area contributed by atoms with Crippen molar-refractivity contribution in [2.75, 3.05) is 0 Å². The second-order valence-electron chi connectivity index (χ2n) is 6.14. The zero-order chi connectivity index (χ0) is 11.3. The molecule has 3 aliphatic carbocycles. The van der Waals surface area contributed by atoms with Gasteiger partial charge >= 0.3 is 0 Å². The van der Waals surface area contributed by atoms with E-state index >= 15 is 0 Å². The minimum atomic E-state index is 0.627. The minimum Gasteiger partial charge on any atom is -0.0996 e. The summed E-state index contributed by atoms with van der Waals surface area (Å²) in [5.74, 6) is 2.04. The molecule has 0 heteroatoms. The van der Waals surface area contributed by atoms with Crippen molar-refractivity contribution < 1.29 is 0 Å². The van der Waals surface area contributed by atoms with E-state index in [0.717, 1.165) is 17.3 Å². The van der Waals surface area contributed by atoms with Crippen LogP contribution >= 0.6 is 0 Å². The lowest BCUT2D eigenvalue weighted by atomic mass is 9.77. The molecule has 0 radical (unpaired) electrons. The molecule has 3 saturated carbocycles. The van der Waals surface area contributed by atoms with E-state index in [9.17, 15) is 0 Å². The number of rotatable bonds is 1. The molecule has 0 heterocycles. The molecule has 0 aromatic carbocycles. The molecule has 0 N–H and O–H groups in total. The molecule has 3 aliphatic rings. The van der Waals surface area contributed by atoms with E-state index in [4.69, 9.17) is 0 Å². The van der Waals surface area contributed by atoms with E-state index in [-0.39, 0.29) is 0 Å². The van der Waals surface area contributed by atoms with E-state index in [1.807, 2.05) is 13.8 Å². The van der Waals surface area contributed by atoms with Crippen LogP contribution in [-0.2, 0) is 0 Å². The molecule has 0 aromatic heterocycles. The van der Waals surface area contributed by atoms with Crippen LogP contribution in [0.25, 0.3) is 0 Å². The normalized spacial score (nSPS) is 50.1. The molecule has 3 rings (SSSR count). The largest absolute Gasteiger partial charge is 0.0996 e. The van der Waals surface area contributed by atoms with E-state index in [2.05, 4.69) is 20.4 Å². The van der Waals surface area contributed by atoms with E-state index < -0.39 is 0 Å². The highest BCUT2D eigenvalue weighted by atomic mass is 14.8. The van der Waals surface area contributed by atoms with Crippen LogP contribution in [0.5, 0.6) is 0 Å². The average molecular weight is 206 g/mol. The average Bonchev–Trinajstić information content (AvgIpc) is 2.68. The predicted octanol–water partition coefficient (Wildman–Crippen LogP) is 4.81. The standard InChI is InChI=1S/C13H20.C2H6/c1-9(2)13-7-11-4-10(3)5-12(13,6-11)8-13;1-2/h10-11H,1,4-8H2,2-3H3;1-2H3. The summed E-state index contributed by atoms with van der Waals surface area (Å²) in [7, 11) is 0. The Bertz CT molecular complexity index is 278. The molecular weight excluding hydrogens is 180 g/mol. The Balaban J connectivity index is 0.000000404. The first-order chi connectivity index (χ1) is 7.08. The first kappa shape index (κ1) is 11.2. The van der Waals surface area contributed by atoms with Crippen LogP contribution in [0.15, 0.2) is 12.2 Å². The smallest absolute Gasteiger partial charge is 0.00284 e. The fraction of sp³-hybridized carbons (Fsp3) is 0.867. The Morgan fingerprint density at radius 2 is 1.87 bits per heavy atom. The van der Waals surface area contributed by atoms with Crippen LogP contribution in [-0.4, -0.2) is 0 Å². The molecule has 0 amide bonds. The summed E-state index contributed by atoms with van der Waals surface area (Å²) in [5, 5.41) is 0. The SMILES string of the molecule is C=C(C)C12CC3CC(C)CC1(C3)C2.CC. The van der Waals surface area contributed by atoms with Crippen LogP contribution in [0.4, 0.5) is 0 Å². The Hall–Kier alpha value is -0.260. The van der Waals surface area contributed by atoms with Crippen molar-refractivity contribution in [3.63, 3.8) is 0 Å². The van der Waals surface area contributed by atoms with Crippen molar-refractivity contribution in [2.45, 2.75) is 59.8 Å². The summed E-state index contributed by atoms with van der Waals surface area (Å²) in [6.07, 6.45) is 7.49. The first-order valence-electron chi connectivity index (χ1n) is 6.74. The van der Waals surface area contributed by atoms with Crippen molar-refractivity contribution in [3.8, 4) is 0 Å². The van der Waals surface area contributed by atoms with Crippen LogP contribution in [0, 0.1) is 22.7 Å². The third-order valence-electron chi connectivity index (χ3n) is 5.14. The van der Waals surface area contributed by atoms with Crippen LogP contribution in [0.3, 0.4) is 0 Å². The molecule has 2 bridgehead atoms. The second-order valence-corrected chi connectivity index (χ2v) is 6.14. The molecule has 3 fully saturated rings. The van der Waals surface area contributed by atoms with Crippen molar-refractivity contribution in [2.24, 2.45) is 22.7 Å². The number of allylic oxidation sites excluding steroid dienone is 1. The molecular formula is C15H26. The van der Waals surface area contributed by atoms with Gasteiger partial charge in [0, 0.05) is 0 Å². The van der Waals surface area contributed by atoms with Gasteiger partial charge in [-0.1, -0.05) is 32.9 Å². The van der Waals surface area contributed by atoms with Gasteiger partial charge in [0.25, 0.3) is 0 Å². The lowest BCUT2D eigenvalue weighted by molar-refractivity contribution is 0.229. The molecule has 0 saturated heterocycles. The third-order valence-corrected chi connectivity index (χ3v) is 5.14. The monoisotopic (exact) mass is 206 g/mol. The summed E-state index contributed by atoms with van der Waals surface area (Å²) >= 11 is 0. The van der Waals surface area contributed by atoms with Gasteiger partial charge in [-0.25, -0.2) is 0 Å². The Kier molecular flexibility index (Phi) is 2.52. The number of hydrogen-bond acceptors (Lipinski definition) is 0.